The van der Waals surface area contributed by atoms with Gasteiger partial charge in [-0.25, -0.2) is 0 Å². The predicted molar refractivity (Wildman–Crippen MR) is 56.9 cm³/mol. The van der Waals surface area contributed by atoms with E-state index in [1.807, 2.05) is 6.92 Å². The fraction of sp³-hybridized carbons (Fsp3) is 0.545. The maximum atomic E-state index is 5.89. The summed E-state index contributed by atoms with van der Waals surface area (Å²) in [6.07, 6.45) is 0. The molecule has 0 aliphatic heterocycles. The van der Waals surface area contributed by atoms with E-state index < -0.39 is 0 Å². The third-order valence-electron chi connectivity index (χ3n) is 2.58. The van der Waals surface area contributed by atoms with Crippen LogP contribution in [0, 0.1) is 20.8 Å². The van der Waals surface area contributed by atoms with Gasteiger partial charge in [0, 0.05) is 5.69 Å². The van der Waals surface area contributed by atoms with Crippen molar-refractivity contribution in [3.63, 3.8) is 0 Å². The number of aryl methyl sites for hydroxylation is 1. The fourth-order valence-corrected chi connectivity index (χ4v) is 1.55. The fourth-order valence-electron chi connectivity index (χ4n) is 1.55. The number of hydrogen-bond donors (Lipinski definition) is 1. The van der Waals surface area contributed by atoms with Crippen molar-refractivity contribution < 1.29 is 0 Å². The lowest BCUT2D eigenvalue weighted by molar-refractivity contribution is 0.802. The van der Waals surface area contributed by atoms with Crippen LogP contribution in [0.4, 0.5) is 5.69 Å². The first-order chi connectivity index (χ1) is 5.95. The van der Waals surface area contributed by atoms with Gasteiger partial charge < -0.3 is 5.73 Å². The Balaban J connectivity index is 3.41. The second-order valence-electron chi connectivity index (χ2n) is 3.90. The molecule has 72 valence electrons. The van der Waals surface area contributed by atoms with Gasteiger partial charge in [0.1, 0.15) is 0 Å². The number of nitrogens with two attached hydrogens (primary N) is 1. The number of anilines is 1. The highest BCUT2D eigenvalue weighted by Crippen LogP contribution is 2.25. The summed E-state index contributed by atoms with van der Waals surface area (Å²) in [6, 6.07) is 0. The van der Waals surface area contributed by atoms with Crippen LogP contribution in [-0.2, 0) is 0 Å². The normalized spacial score (nSPS) is 10.9. The van der Waals surface area contributed by atoms with E-state index in [0.717, 1.165) is 11.4 Å². The van der Waals surface area contributed by atoms with E-state index in [1.54, 1.807) is 0 Å². The molecule has 1 aromatic heterocycles. The minimum Gasteiger partial charge on any atom is -0.397 e. The van der Waals surface area contributed by atoms with E-state index in [-0.39, 0.29) is 0 Å². The SMILES string of the molecule is Cc1nc(C(C)C)c(C)c(C)c1N. The zero-order valence-corrected chi connectivity index (χ0v) is 9.10. The number of nitrogens with zero attached hydrogens (tertiary/aromatic N) is 1. The molecule has 2 heteroatoms. The number of hydrogen-bond acceptors (Lipinski definition) is 2. The summed E-state index contributed by atoms with van der Waals surface area (Å²) in [7, 11) is 0. The Morgan fingerprint density at radius 1 is 1.08 bits per heavy atom. The quantitative estimate of drug-likeness (QED) is 0.718. The Labute approximate surface area is 80.2 Å². The van der Waals surface area contributed by atoms with Gasteiger partial charge in [0.2, 0.25) is 0 Å². The van der Waals surface area contributed by atoms with Crippen LogP contribution < -0.4 is 5.73 Å². The maximum Gasteiger partial charge on any atom is 0.0608 e. The third-order valence-corrected chi connectivity index (χ3v) is 2.58. The molecule has 1 rings (SSSR count). The number of aromatic nitrogens is 1. The van der Waals surface area contributed by atoms with Gasteiger partial charge in [0.15, 0.2) is 0 Å². The molecule has 0 saturated carbocycles. The van der Waals surface area contributed by atoms with Gasteiger partial charge in [-0.2, -0.15) is 0 Å². The molecule has 0 unspecified atom stereocenters. The van der Waals surface area contributed by atoms with Crippen LogP contribution in [0.2, 0.25) is 0 Å². The lowest BCUT2D eigenvalue weighted by Crippen LogP contribution is -2.05. The monoisotopic (exact) mass is 178 g/mol. The van der Waals surface area contributed by atoms with Crippen LogP contribution in [0.15, 0.2) is 0 Å². The summed E-state index contributed by atoms with van der Waals surface area (Å²) in [5.74, 6) is 0.470. The highest BCUT2D eigenvalue weighted by Gasteiger charge is 2.11. The molecule has 0 radical (unpaired) electrons. The summed E-state index contributed by atoms with van der Waals surface area (Å²) in [4.78, 5) is 4.51. The lowest BCUT2D eigenvalue weighted by atomic mass is 9.99. The zero-order chi connectivity index (χ0) is 10.2. The summed E-state index contributed by atoms with van der Waals surface area (Å²) >= 11 is 0. The van der Waals surface area contributed by atoms with Crippen molar-refractivity contribution in [2.45, 2.75) is 40.5 Å². The summed E-state index contributed by atoms with van der Waals surface area (Å²) < 4.78 is 0. The topological polar surface area (TPSA) is 38.9 Å². The summed E-state index contributed by atoms with van der Waals surface area (Å²) in [6.45, 7) is 10.4. The van der Waals surface area contributed by atoms with Gasteiger partial charge in [-0.15, -0.1) is 0 Å². The minimum atomic E-state index is 0.470. The van der Waals surface area contributed by atoms with Crippen LogP contribution in [0.3, 0.4) is 0 Å². The third kappa shape index (κ3) is 1.67. The molecule has 13 heavy (non-hydrogen) atoms. The second-order valence-corrected chi connectivity index (χ2v) is 3.90. The van der Waals surface area contributed by atoms with Crippen molar-refractivity contribution >= 4 is 5.69 Å². The summed E-state index contributed by atoms with van der Waals surface area (Å²) in [5, 5.41) is 0. The highest BCUT2D eigenvalue weighted by atomic mass is 14.8. The molecule has 0 aliphatic carbocycles. The molecule has 0 amide bonds. The van der Waals surface area contributed by atoms with Crippen LogP contribution in [0.1, 0.15) is 42.3 Å². The second kappa shape index (κ2) is 3.36. The molecule has 2 N–H and O–H groups in total. The van der Waals surface area contributed by atoms with Gasteiger partial charge in [0.05, 0.1) is 11.4 Å². The molecule has 0 aromatic carbocycles. The van der Waals surface area contributed by atoms with E-state index in [9.17, 15) is 0 Å². The van der Waals surface area contributed by atoms with Crippen molar-refractivity contribution in [3.05, 3.63) is 22.5 Å². The summed E-state index contributed by atoms with van der Waals surface area (Å²) in [5.41, 5.74) is 11.3. The Hall–Kier alpha value is -1.05. The molecule has 1 heterocycles. The van der Waals surface area contributed by atoms with Gasteiger partial charge in [-0.1, -0.05) is 13.8 Å². The van der Waals surface area contributed by atoms with Gasteiger partial charge >= 0.3 is 0 Å². The molecule has 0 spiro atoms. The van der Waals surface area contributed by atoms with Crippen LogP contribution in [0.25, 0.3) is 0 Å². The van der Waals surface area contributed by atoms with Crippen LogP contribution in [-0.4, -0.2) is 4.98 Å². The molecule has 0 aliphatic rings. The number of nitrogen functional groups attached to an aromatic ring is 1. The minimum absolute atomic E-state index is 0.470. The average Bonchev–Trinajstić information content (AvgIpc) is 2.07. The van der Waals surface area contributed by atoms with Crippen molar-refractivity contribution in [2.24, 2.45) is 0 Å². The van der Waals surface area contributed by atoms with Crippen molar-refractivity contribution in [1.82, 2.24) is 4.98 Å². The Kier molecular flexibility index (Phi) is 2.60. The smallest absolute Gasteiger partial charge is 0.0608 e. The lowest BCUT2D eigenvalue weighted by Gasteiger charge is -2.14. The maximum absolute atomic E-state index is 5.89. The zero-order valence-electron chi connectivity index (χ0n) is 9.10. The first kappa shape index (κ1) is 10.0. The predicted octanol–water partition coefficient (Wildman–Crippen LogP) is 2.71. The Morgan fingerprint density at radius 3 is 2.08 bits per heavy atom. The van der Waals surface area contributed by atoms with E-state index >= 15 is 0 Å². The first-order valence-corrected chi connectivity index (χ1v) is 4.68. The number of rotatable bonds is 1. The van der Waals surface area contributed by atoms with E-state index in [2.05, 4.69) is 32.7 Å². The molecule has 2 nitrogen and oxygen atoms in total. The molecule has 0 bridgehead atoms. The van der Waals surface area contributed by atoms with Crippen LogP contribution >= 0.6 is 0 Å². The number of pyridine rings is 1. The molecule has 0 atom stereocenters. The molecule has 1 aromatic rings. The molecular formula is C11H18N2. The van der Waals surface area contributed by atoms with Gasteiger partial charge in [-0.3, -0.25) is 4.98 Å². The van der Waals surface area contributed by atoms with Crippen molar-refractivity contribution in [3.8, 4) is 0 Å². The van der Waals surface area contributed by atoms with E-state index in [0.29, 0.717) is 5.92 Å². The van der Waals surface area contributed by atoms with Crippen LogP contribution in [0.5, 0.6) is 0 Å². The first-order valence-electron chi connectivity index (χ1n) is 4.68. The molecular weight excluding hydrogens is 160 g/mol. The van der Waals surface area contributed by atoms with Crippen molar-refractivity contribution in [2.75, 3.05) is 5.73 Å². The Morgan fingerprint density at radius 2 is 1.62 bits per heavy atom. The van der Waals surface area contributed by atoms with E-state index in [1.165, 1.54) is 16.8 Å². The average molecular weight is 178 g/mol. The van der Waals surface area contributed by atoms with Gasteiger partial charge in [-0.05, 0) is 37.8 Å². The highest BCUT2D eigenvalue weighted by molar-refractivity contribution is 5.54. The Bertz CT molecular complexity index is 327. The standard InChI is InChI=1S/C11H18N2/c1-6(2)11-8(4)7(3)10(12)9(5)13-11/h6H,12H2,1-5H3. The molecule has 0 fully saturated rings. The van der Waals surface area contributed by atoms with Crippen molar-refractivity contribution in [1.29, 1.82) is 0 Å². The van der Waals surface area contributed by atoms with Gasteiger partial charge in [0.25, 0.3) is 0 Å². The largest absolute Gasteiger partial charge is 0.397 e. The molecule has 0 saturated heterocycles. The van der Waals surface area contributed by atoms with E-state index in [4.69, 9.17) is 5.73 Å².